The summed E-state index contributed by atoms with van der Waals surface area (Å²) in [6.07, 6.45) is 34.7. The summed E-state index contributed by atoms with van der Waals surface area (Å²) < 4.78 is 6.22. The Labute approximate surface area is 258 Å². The van der Waals surface area contributed by atoms with Gasteiger partial charge in [-0.25, -0.2) is 0 Å². The Bertz CT molecular complexity index is 558. The summed E-state index contributed by atoms with van der Waals surface area (Å²) in [6.45, 7) is 9.01. The zero-order chi connectivity index (χ0) is 30.2. The van der Waals surface area contributed by atoms with E-state index in [1.165, 1.54) is 128 Å². The van der Waals surface area contributed by atoms with Crippen LogP contribution in [-0.4, -0.2) is 17.9 Å². The molecule has 3 heteroatoms. The first kappa shape index (κ1) is 40.1. The smallest absolute Gasteiger partial charge is 0.306 e. The van der Waals surface area contributed by atoms with Crippen LogP contribution < -0.4 is 0 Å². The fourth-order valence-corrected chi connectivity index (χ4v) is 6.07. The molecule has 0 heterocycles. The van der Waals surface area contributed by atoms with Gasteiger partial charge in [0.1, 0.15) is 11.9 Å². The van der Waals surface area contributed by atoms with Gasteiger partial charge < -0.3 is 4.74 Å². The zero-order valence-corrected chi connectivity index (χ0v) is 28.6. The van der Waals surface area contributed by atoms with Crippen molar-refractivity contribution in [2.24, 2.45) is 5.92 Å². The molecule has 0 rings (SSSR count). The summed E-state index contributed by atoms with van der Waals surface area (Å²) in [5, 5.41) is 0. The Morgan fingerprint density at radius 3 is 1.27 bits per heavy atom. The molecule has 2 unspecified atom stereocenters. The Balaban J connectivity index is 4.78. The molecule has 0 fully saturated rings. The molecule has 0 radical (unpaired) electrons. The van der Waals surface area contributed by atoms with Crippen molar-refractivity contribution in [1.29, 1.82) is 0 Å². The summed E-state index contributed by atoms with van der Waals surface area (Å²) in [4.78, 5) is 26.0. The Hall–Kier alpha value is -0.860. The van der Waals surface area contributed by atoms with Crippen molar-refractivity contribution >= 4 is 11.8 Å². The maximum absolute atomic E-state index is 13.1. The highest BCUT2D eigenvalue weighted by Crippen LogP contribution is 2.27. The maximum atomic E-state index is 13.1. The lowest BCUT2D eigenvalue weighted by molar-refractivity contribution is -0.153. The first-order valence-corrected chi connectivity index (χ1v) is 18.8. The highest BCUT2D eigenvalue weighted by atomic mass is 16.5. The summed E-state index contributed by atoms with van der Waals surface area (Å²) >= 11 is 0. The van der Waals surface area contributed by atoms with Gasteiger partial charge in [0.15, 0.2) is 0 Å². The highest BCUT2D eigenvalue weighted by molar-refractivity contribution is 5.78. The van der Waals surface area contributed by atoms with Gasteiger partial charge in [0.25, 0.3) is 0 Å². The van der Waals surface area contributed by atoms with E-state index in [9.17, 15) is 9.59 Å². The standard InChI is InChI=1S/C38H74O3/c1-5-9-13-17-19-21-22-24-27-31-36(39)34-35(30-26-15-11-7-3)37(32-28-16-12-8-4)41-38(40)33-29-25-23-20-18-14-10-6-2/h35,37H,5-34H2,1-4H3. The predicted octanol–water partition coefficient (Wildman–Crippen LogP) is 12.9. The number of rotatable bonds is 33. The molecule has 0 aliphatic carbocycles. The number of carbonyl (C=O) groups is 2. The minimum atomic E-state index is -0.0814. The van der Waals surface area contributed by atoms with Crippen LogP contribution in [0.2, 0.25) is 0 Å². The van der Waals surface area contributed by atoms with Crippen LogP contribution in [0.5, 0.6) is 0 Å². The summed E-state index contributed by atoms with van der Waals surface area (Å²) in [5.74, 6) is 0.564. The third-order valence-electron chi connectivity index (χ3n) is 8.86. The van der Waals surface area contributed by atoms with Gasteiger partial charge in [0.05, 0.1) is 0 Å². The number of Topliss-reactive ketones (excluding diaryl/α,β-unsaturated/α-hetero) is 1. The molecule has 0 aromatic rings. The number of ether oxygens (including phenoxy) is 1. The first-order chi connectivity index (χ1) is 20.1. The first-order valence-electron chi connectivity index (χ1n) is 18.8. The van der Waals surface area contributed by atoms with Crippen molar-refractivity contribution in [3.05, 3.63) is 0 Å². The lowest BCUT2D eigenvalue weighted by Gasteiger charge is -2.27. The van der Waals surface area contributed by atoms with Gasteiger partial charge in [0.2, 0.25) is 0 Å². The number of carbonyl (C=O) groups excluding carboxylic acids is 2. The van der Waals surface area contributed by atoms with E-state index in [2.05, 4.69) is 27.7 Å². The summed E-state index contributed by atoms with van der Waals surface area (Å²) in [7, 11) is 0. The zero-order valence-electron chi connectivity index (χ0n) is 28.6. The van der Waals surface area contributed by atoms with Gasteiger partial charge in [0, 0.05) is 25.2 Å². The van der Waals surface area contributed by atoms with E-state index in [4.69, 9.17) is 4.74 Å². The van der Waals surface area contributed by atoms with Crippen LogP contribution in [0.15, 0.2) is 0 Å². The second kappa shape index (κ2) is 32.1. The number of esters is 1. The second-order valence-electron chi connectivity index (χ2n) is 13.0. The van der Waals surface area contributed by atoms with Crippen molar-refractivity contribution in [3.8, 4) is 0 Å². The van der Waals surface area contributed by atoms with Crippen LogP contribution in [0.3, 0.4) is 0 Å². The third-order valence-corrected chi connectivity index (χ3v) is 8.86. The molecule has 0 aliphatic heterocycles. The third kappa shape index (κ3) is 27.7. The van der Waals surface area contributed by atoms with E-state index in [0.29, 0.717) is 25.0 Å². The summed E-state index contributed by atoms with van der Waals surface area (Å²) in [5.41, 5.74) is 0. The number of hydrogen-bond acceptors (Lipinski definition) is 3. The van der Waals surface area contributed by atoms with Crippen LogP contribution >= 0.6 is 0 Å². The predicted molar refractivity (Wildman–Crippen MR) is 180 cm³/mol. The molecule has 0 aromatic carbocycles. The van der Waals surface area contributed by atoms with Gasteiger partial charge in [-0.3, -0.25) is 9.59 Å². The van der Waals surface area contributed by atoms with Crippen molar-refractivity contribution < 1.29 is 14.3 Å². The molecule has 0 saturated carbocycles. The van der Waals surface area contributed by atoms with Gasteiger partial charge in [-0.1, -0.05) is 169 Å². The van der Waals surface area contributed by atoms with E-state index >= 15 is 0 Å². The Morgan fingerprint density at radius 2 is 0.805 bits per heavy atom. The van der Waals surface area contributed by atoms with Gasteiger partial charge in [-0.05, 0) is 32.1 Å². The van der Waals surface area contributed by atoms with E-state index in [-0.39, 0.29) is 18.0 Å². The Morgan fingerprint density at radius 1 is 0.439 bits per heavy atom. The van der Waals surface area contributed by atoms with E-state index < -0.39 is 0 Å². The minimum Gasteiger partial charge on any atom is -0.462 e. The average Bonchev–Trinajstić information content (AvgIpc) is 2.96. The molecular weight excluding hydrogens is 504 g/mol. The fourth-order valence-electron chi connectivity index (χ4n) is 6.07. The molecule has 244 valence electrons. The second-order valence-corrected chi connectivity index (χ2v) is 13.0. The normalized spacial score (nSPS) is 12.9. The lowest BCUT2D eigenvalue weighted by atomic mass is 9.86. The maximum Gasteiger partial charge on any atom is 0.306 e. The molecule has 0 spiro atoms. The molecule has 0 saturated heterocycles. The fraction of sp³-hybridized carbons (Fsp3) is 0.947. The number of hydrogen-bond donors (Lipinski definition) is 0. The molecule has 2 atom stereocenters. The Kier molecular flexibility index (Phi) is 31.4. The minimum absolute atomic E-state index is 0.0265. The highest BCUT2D eigenvalue weighted by Gasteiger charge is 2.27. The lowest BCUT2D eigenvalue weighted by Crippen LogP contribution is -2.29. The van der Waals surface area contributed by atoms with Crippen molar-refractivity contribution in [1.82, 2.24) is 0 Å². The van der Waals surface area contributed by atoms with Gasteiger partial charge in [-0.2, -0.15) is 0 Å². The number of unbranched alkanes of at least 4 members (excludes halogenated alkanes) is 21. The van der Waals surface area contributed by atoms with Crippen LogP contribution in [0.25, 0.3) is 0 Å². The SMILES string of the molecule is CCCCCCCCCCCC(=O)CC(CCCCCC)C(CCCCCC)OC(=O)CCCCCCCCCC. The van der Waals surface area contributed by atoms with Crippen molar-refractivity contribution in [3.63, 3.8) is 0 Å². The van der Waals surface area contributed by atoms with Gasteiger partial charge in [-0.15, -0.1) is 0 Å². The van der Waals surface area contributed by atoms with Crippen molar-refractivity contribution in [2.75, 3.05) is 0 Å². The van der Waals surface area contributed by atoms with Crippen LogP contribution in [0.1, 0.15) is 220 Å². The summed E-state index contributed by atoms with van der Waals surface area (Å²) in [6, 6.07) is 0. The van der Waals surface area contributed by atoms with E-state index in [1.807, 2.05) is 0 Å². The van der Waals surface area contributed by atoms with Crippen LogP contribution in [0, 0.1) is 5.92 Å². The molecule has 0 aliphatic rings. The number of ketones is 1. The molecule has 0 bridgehead atoms. The molecule has 0 N–H and O–H groups in total. The van der Waals surface area contributed by atoms with Crippen LogP contribution in [-0.2, 0) is 14.3 Å². The van der Waals surface area contributed by atoms with Crippen LogP contribution in [0.4, 0.5) is 0 Å². The molecule has 0 aromatic heterocycles. The molecule has 0 amide bonds. The topological polar surface area (TPSA) is 43.4 Å². The quantitative estimate of drug-likeness (QED) is 0.0574. The monoisotopic (exact) mass is 579 g/mol. The van der Waals surface area contributed by atoms with E-state index in [1.54, 1.807) is 0 Å². The van der Waals surface area contributed by atoms with E-state index in [0.717, 1.165) is 44.9 Å². The molecule has 41 heavy (non-hydrogen) atoms. The molecular formula is C38H74O3. The largest absolute Gasteiger partial charge is 0.462 e. The van der Waals surface area contributed by atoms with Crippen molar-refractivity contribution in [2.45, 2.75) is 226 Å². The molecule has 3 nitrogen and oxygen atoms in total. The average molecular weight is 579 g/mol. The van der Waals surface area contributed by atoms with Gasteiger partial charge >= 0.3 is 5.97 Å².